The van der Waals surface area contributed by atoms with Gasteiger partial charge in [-0.2, -0.15) is 0 Å². The summed E-state index contributed by atoms with van der Waals surface area (Å²) < 4.78 is 11.6. The Kier molecular flexibility index (Phi) is 4.63. The third-order valence-corrected chi connectivity index (χ3v) is 10.1. The first-order valence-corrected chi connectivity index (χ1v) is 15.8. The predicted octanol–water partition coefficient (Wildman–Crippen LogP) is 7.88. The standard InChI is InChI=1S/C41H24BN3O/c1-2-10-26(11-3-1)44-33-16-6-4-12-27(33)29-24-30-28-13-8-15-32-39(28)45(41(30)37(40(29)44)25-20-22-43-23-21-25)34-17-9-19-36-38(34)42(32)31-14-5-7-18-35(31)46-36/h1-24H. The minimum absolute atomic E-state index is 0.0921. The summed E-state index contributed by atoms with van der Waals surface area (Å²) in [7, 11) is 0. The van der Waals surface area contributed by atoms with Crippen molar-refractivity contribution >= 4 is 66.7 Å². The first-order chi connectivity index (χ1) is 22.9. The van der Waals surface area contributed by atoms with Gasteiger partial charge in [0.1, 0.15) is 11.5 Å². The molecule has 5 heteroatoms. The van der Waals surface area contributed by atoms with Crippen LogP contribution in [0.3, 0.4) is 0 Å². The molecule has 2 aliphatic heterocycles. The summed E-state index contributed by atoms with van der Waals surface area (Å²) in [4.78, 5) is 4.43. The van der Waals surface area contributed by atoms with Gasteiger partial charge in [-0.25, -0.2) is 0 Å². The number of pyridine rings is 1. The van der Waals surface area contributed by atoms with Crippen LogP contribution in [-0.2, 0) is 0 Å². The molecule has 6 aromatic carbocycles. The van der Waals surface area contributed by atoms with Gasteiger partial charge in [0.05, 0.1) is 16.6 Å². The second-order valence-corrected chi connectivity index (χ2v) is 12.3. The lowest BCUT2D eigenvalue weighted by atomic mass is 9.34. The van der Waals surface area contributed by atoms with Gasteiger partial charge in [-0.05, 0) is 76.5 Å². The third kappa shape index (κ3) is 2.97. The topological polar surface area (TPSA) is 32.0 Å². The van der Waals surface area contributed by atoms with Gasteiger partial charge in [0.15, 0.2) is 0 Å². The van der Waals surface area contributed by atoms with E-state index in [1.807, 2.05) is 12.4 Å². The highest BCUT2D eigenvalue weighted by molar-refractivity contribution is 6.99. The largest absolute Gasteiger partial charge is 0.458 e. The third-order valence-electron chi connectivity index (χ3n) is 10.1. The van der Waals surface area contributed by atoms with E-state index in [-0.39, 0.29) is 6.71 Å². The van der Waals surface area contributed by atoms with Crippen LogP contribution in [0.5, 0.6) is 11.5 Å². The lowest BCUT2D eigenvalue weighted by molar-refractivity contribution is 0.487. The second kappa shape index (κ2) is 8.77. The Morgan fingerprint density at radius 3 is 2.13 bits per heavy atom. The van der Waals surface area contributed by atoms with E-state index in [4.69, 9.17) is 4.74 Å². The molecular weight excluding hydrogens is 561 g/mol. The number of fused-ring (bicyclic) bond motifs is 10. The van der Waals surface area contributed by atoms with E-state index in [9.17, 15) is 0 Å². The molecule has 3 aromatic heterocycles. The zero-order valence-corrected chi connectivity index (χ0v) is 24.7. The van der Waals surface area contributed by atoms with E-state index in [1.165, 1.54) is 71.3 Å². The molecule has 0 unspecified atom stereocenters. The van der Waals surface area contributed by atoms with Crippen LogP contribution in [0.25, 0.3) is 66.1 Å². The molecule has 46 heavy (non-hydrogen) atoms. The van der Waals surface area contributed by atoms with Gasteiger partial charge < -0.3 is 13.9 Å². The molecule has 0 radical (unpaired) electrons. The highest BCUT2D eigenvalue weighted by Crippen LogP contribution is 2.47. The summed E-state index contributed by atoms with van der Waals surface area (Å²) in [5.74, 6) is 1.86. The van der Waals surface area contributed by atoms with Crippen molar-refractivity contribution in [3.63, 3.8) is 0 Å². The van der Waals surface area contributed by atoms with Crippen LogP contribution in [0, 0.1) is 0 Å². The fourth-order valence-corrected chi connectivity index (χ4v) is 8.32. The van der Waals surface area contributed by atoms with Crippen LogP contribution >= 0.6 is 0 Å². The zero-order chi connectivity index (χ0) is 29.9. The normalized spacial score (nSPS) is 12.9. The lowest BCUT2D eigenvalue weighted by Gasteiger charge is -2.33. The highest BCUT2D eigenvalue weighted by Gasteiger charge is 2.40. The van der Waals surface area contributed by atoms with Crippen LogP contribution in [-0.4, -0.2) is 20.8 Å². The number of ether oxygens (including phenoxy) is 1. The molecule has 0 aliphatic carbocycles. The van der Waals surface area contributed by atoms with Gasteiger partial charge in [0.25, 0.3) is 6.71 Å². The van der Waals surface area contributed by atoms with E-state index in [2.05, 4.69) is 148 Å². The SMILES string of the molecule is c1ccc(-n2c3ccccc3c3cc4c5cccc6c5n(c4c(-c4ccncc4)c32)-c2cccc3c2B6c2ccccc2O3)cc1. The van der Waals surface area contributed by atoms with Crippen molar-refractivity contribution < 1.29 is 4.74 Å². The lowest BCUT2D eigenvalue weighted by Crippen LogP contribution is -2.58. The minimum Gasteiger partial charge on any atom is -0.458 e. The fraction of sp³-hybridized carbons (Fsp3) is 0. The van der Waals surface area contributed by atoms with Gasteiger partial charge in [-0.15, -0.1) is 0 Å². The Balaban J connectivity index is 1.42. The number of hydrogen-bond acceptors (Lipinski definition) is 2. The Morgan fingerprint density at radius 2 is 1.22 bits per heavy atom. The Bertz CT molecular complexity index is 2730. The molecule has 0 N–H and O–H groups in total. The van der Waals surface area contributed by atoms with E-state index < -0.39 is 0 Å². The van der Waals surface area contributed by atoms with Crippen molar-refractivity contribution in [3.8, 4) is 34.0 Å². The number of aromatic nitrogens is 3. The van der Waals surface area contributed by atoms with Crippen molar-refractivity contribution in [3.05, 3.63) is 146 Å². The van der Waals surface area contributed by atoms with Crippen LogP contribution in [0.15, 0.2) is 146 Å². The number of nitrogens with zero attached hydrogens (tertiary/aromatic N) is 3. The molecule has 212 valence electrons. The average Bonchev–Trinajstić information content (AvgIpc) is 3.63. The Morgan fingerprint density at radius 1 is 0.522 bits per heavy atom. The predicted molar refractivity (Wildman–Crippen MR) is 190 cm³/mol. The van der Waals surface area contributed by atoms with Crippen molar-refractivity contribution in [1.82, 2.24) is 14.1 Å². The number of benzene rings is 6. The molecular formula is C41H24BN3O. The monoisotopic (exact) mass is 585 g/mol. The molecule has 0 amide bonds. The first kappa shape index (κ1) is 24.3. The van der Waals surface area contributed by atoms with Crippen molar-refractivity contribution in [2.24, 2.45) is 0 Å². The van der Waals surface area contributed by atoms with Gasteiger partial charge >= 0.3 is 0 Å². The maximum atomic E-state index is 6.60. The number of rotatable bonds is 2. The summed E-state index contributed by atoms with van der Waals surface area (Å²) in [6.45, 7) is 0.0921. The van der Waals surface area contributed by atoms with Gasteiger partial charge in [0.2, 0.25) is 0 Å². The van der Waals surface area contributed by atoms with Gasteiger partial charge in [-0.1, -0.05) is 78.9 Å². The first-order valence-electron chi connectivity index (χ1n) is 15.8. The molecule has 9 aromatic rings. The molecule has 0 spiro atoms. The zero-order valence-electron chi connectivity index (χ0n) is 24.7. The summed E-state index contributed by atoms with van der Waals surface area (Å²) in [5, 5.41) is 5.00. The summed E-state index contributed by atoms with van der Waals surface area (Å²) in [6.07, 6.45) is 3.82. The summed E-state index contributed by atoms with van der Waals surface area (Å²) >= 11 is 0. The number of hydrogen-bond donors (Lipinski definition) is 0. The second-order valence-electron chi connectivity index (χ2n) is 12.3. The molecule has 11 rings (SSSR count). The van der Waals surface area contributed by atoms with Crippen LogP contribution in [0.1, 0.15) is 0 Å². The smallest absolute Gasteiger partial charge is 0.256 e. The Hall–Kier alpha value is -6.07. The molecule has 2 aliphatic rings. The molecule has 4 nitrogen and oxygen atoms in total. The van der Waals surface area contributed by atoms with Crippen molar-refractivity contribution in [2.75, 3.05) is 0 Å². The number of para-hydroxylation sites is 4. The molecule has 0 saturated carbocycles. The maximum Gasteiger partial charge on any atom is 0.256 e. The van der Waals surface area contributed by atoms with Crippen LogP contribution in [0.4, 0.5) is 0 Å². The van der Waals surface area contributed by atoms with E-state index >= 15 is 0 Å². The average molecular weight is 585 g/mol. The van der Waals surface area contributed by atoms with Crippen molar-refractivity contribution in [1.29, 1.82) is 0 Å². The van der Waals surface area contributed by atoms with E-state index in [0.717, 1.165) is 22.7 Å². The van der Waals surface area contributed by atoms with Crippen LogP contribution < -0.4 is 21.1 Å². The van der Waals surface area contributed by atoms with Gasteiger partial charge in [0, 0.05) is 56.4 Å². The molecule has 0 fully saturated rings. The minimum atomic E-state index is 0.0921. The molecule has 0 saturated heterocycles. The molecule has 0 bridgehead atoms. The van der Waals surface area contributed by atoms with Crippen molar-refractivity contribution in [2.45, 2.75) is 0 Å². The quantitative estimate of drug-likeness (QED) is 0.193. The highest BCUT2D eigenvalue weighted by atomic mass is 16.5. The summed E-state index contributed by atoms with van der Waals surface area (Å²) in [6, 6.07) is 48.1. The van der Waals surface area contributed by atoms with Gasteiger partial charge in [-0.3, -0.25) is 4.98 Å². The molecule has 0 atom stereocenters. The van der Waals surface area contributed by atoms with E-state index in [1.54, 1.807) is 0 Å². The Labute approximate surface area is 264 Å². The van der Waals surface area contributed by atoms with Crippen LogP contribution in [0.2, 0.25) is 0 Å². The summed E-state index contributed by atoms with van der Waals surface area (Å²) in [5.41, 5.74) is 13.3. The maximum absolute atomic E-state index is 6.60. The molecule has 5 heterocycles. The fourth-order valence-electron chi connectivity index (χ4n) is 8.32. The van der Waals surface area contributed by atoms with E-state index in [0.29, 0.717) is 0 Å².